The Bertz CT molecular complexity index is 493. The second-order valence-electron chi connectivity index (χ2n) is 2.87. The number of nitrogens with zero attached hydrogens (tertiary/aromatic N) is 2. The number of aromatic nitrogens is 2. The highest BCUT2D eigenvalue weighted by Crippen LogP contribution is 2.17. The van der Waals surface area contributed by atoms with Crippen LogP contribution in [-0.4, -0.2) is 15.9 Å². The Labute approximate surface area is 84.9 Å². The van der Waals surface area contributed by atoms with Crippen molar-refractivity contribution in [2.24, 2.45) is 5.73 Å². The summed E-state index contributed by atoms with van der Waals surface area (Å²) in [6.45, 7) is 0. The number of amides is 1. The van der Waals surface area contributed by atoms with Crippen molar-refractivity contribution in [3.05, 3.63) is 30.4 Å². The lowest BCUT2D eigenvalue weighted by Crippen LogP contribution is -2.15. The molecule has 6 nitrogen and oxygen atoms in total. The van der Waals surface area contributed by atoms with Crippen LogP contribution < -0.4 is 11.5 Å². The third-order valence-electron chi connectivity index (χ3n) is 1.86. The number of nitrogen functional groups attached to an aromatic ring is 1. The van der Waals surface area contributed by atoms with Crippen LogP contribution >= 0.6 is 0 Å². The number of furan rings is 1. The first-order chi connectivity index (χ1) is 7.18. The fourth-order valence-electron chi connectivity index (χ4n) is 1.12. The zero-order valence-electron chi connectivity index (χ0n) is 7.68. The number of anilines is 1. The number of nitrogens with two attached hydrogens (primary N) is 2. The summed E-state index contributed by atoms with van der Waals surface area (Å²) in [7, 11) is 0. The molecule has 15 heavy (non-hydrogen) atoms. The molecule has 0 spiro atoms. The minimum absolute atomic E-state index is 0.0636. The quantitative estimate of drug-likeness (QED) is 0.736. The van der Waals surface area contributed by atoms with Gasteiger partial charge in [0, 0.05) is 6.20 Å². The Hall–Kier alpha value is -2.37. The summed E-state index contributed by atoms with van der Waals surface area (Å²) in [5.41, 5.74) is 11.4. The maximum atomic E-state index is 10.9. The van der Waals surface area contributed by atoms with E-state index in [1.807, 2.05) is 0 Å². The molecule has 2 rings (SSSR count). The fourth-order valence-corrected chi connectivity index (χ4v) is 1.12. The Morgan fingerprint density at radius 3 is 2.80 bits per heavy atom. The monoisotopic (exact) mass is 204 g/mol. The molecule has 1 amide bonds. The maximum absolute atomic E-state index is 10.9. The van der Waals surface area contributed by atoms with Crippen LogP contribution in [0.5, 0.6) is 0 Å². The number of hydrogen-bond donors (Lipinski definition) is 2. The number of carbonyl (C=O) groups is 1. The van der Waals surface area contributed by atoms with Crippen molar-refractivity contribution >= 4 is 11.7 Å². The van der Waals surface area contributed by atoms with Gasteiger partial charge in [0.1, 0.15) is 12.1 Å². The Morgan fingerprint density at radius 2 is 2.27 bits per heavy atom. The van der Waals surface area contributed by atoms with E-state index >= 15 is 0 Å². The molecule has 4 N–H and O–H groups in total. The predicted molar refractivity (Wildman–Crippen MR) is 52.7 cm³/mol. The van der Waals surface area contributed by atoms with Gasteiger partial charge in [0.25, 0.3) is 5.91 Å². The molecule has 2 heterocycles. The summed E-state index contributed by atoms with van der Waals surface area (Å²) < 4.78 is 4.87. The van der Waals surface area contributed by atoms with Crippen molar-refractivity contribution in [1.29, 1.82) is 0 Å². The first-order valence-electron chi connectivity index (χ1n) is 4.13. The summed E-state index contributed by atoms with van der Waals surface area (Å²) >= 11 is 0. The van der Waals surface area contributed by atoms with E-state index in [1.54, 1.807) is 6.07 Å². The van der Waals surface area contributed by atoms with Crippen LogP contribution in [0.25, 0.3) is 11.4 Å². The van der Waals surface area contributed by atoms with Crippen LogP contribution in [0.15, 0.2) is 29.2 Å². The molecule has 76 valence electrons. The topological polar surface area (TPSA) is 108 Å². The highest BCUT2D eigenvalue weighted by molar-refractivity contribution is 5.96. The Balaban J connectivity index is 2.47. The van der Waals surface area contributed by atoms with Crippen molar-refractivity contribution in [1.82, 2.24) is 9.97 Å². The molecule has 2 aromatic heterocycles. The molecule has 0 fully saturated rings. The summed E-state index contributed by atoms with van der Waals surface area (Å²) in [6.07, 6.45) is 4.28. The lowest BCUT2D eigenvalue weighted by Gasteiger charge is -2.01. The summed E-state index contributed by atoms with van der Waals surface area (Å²) in [5.74, 6) is -0.189. The van der Waals surface area contributed by atoms with Gasteiger partial charge in [0.2, 0.25) is 0 Å². The van der Waals surface area contributed by atoms with Crippen molar-refractivity contribution in [3.8, 4) is 11.4 Å². The Kier molecular flexibility index (Phi) is 2.09. The molecule has 0 aliphatic rings. The molecule has 0 radical (unpaired) electrons. The SMILES string of the molecule is NC(=O)c1cnc(-c2ccoc2)nc1N. The highest BCUT2D eigenvalue weighted by Gasteiger charge is 2.10. The molecule has 0 saturated carbocycles. The van der Waals surface area contributed by atoms with E-state index in [-0.39, 0.29) is 11.4 Å². The van der Waals surface area contributed by atoms with E-state index in [4.69, 9.17) is 15.9 Å². The summed E-state index contributed by atoms with van der Waals surface area (Å²) in [6, 6.07) is 1.69. The first-order valence-corrected chi connectivity index (χ1v) is 4.13. The van der Waals surface area contributed by atoms with E-state index in [0.717, 1.165) is 0 Å². The van der Waals surface area contributed by atoms with Crippen LogP contribution in [0.4, 0.5) is 5.82 Å². The van der Waals surface area contributed by atoms with Crippen molar-refractivity contribution in [2.45, 2.75) is 0 Å². The number of hydrogen-bond acceptors (Lipinski definition) is 5. The summed E-state index contributed by atoms with van der Waals surface area (Å²) in [4.78, 5) is 18.8. The zero-order valence-corrected chi connectivity index (χ0v) is 7.68. The molecule has 0 saturated heterocycles. The van der Waals surface area contributed by atoms with Crippen molar-refractivity contribution in [3.63, 3.8) is 0 Å². The minimum Gasteiger partial charge on any atom is -0.472 e. The third kappa shape index (κ3) is 1.64. The molecule has 6 heteroatoms. The van der Waals surface area contributed by atoms with Crippen LogP contribution in [0.3, 0.4) is 0 Å². The van der Waals surface area contributed by atoms with E-state index in [9.17, 15) is 4.79 Å². The molecular formula is C9H8N4O2. The predicted octanol–water partition coefficient (Wildman–Crippen LogP) is 0.418. The molecule has 0 bridgehead atoms. The van der Waals surface area contributed by atoms with E-state index in [0.29, 0.717) is 11.4 Å². The average molecular weight is 204 g/mol. The Morgan fingerprint density at radius 1 is 1.47 bits per heavy atom. The molecule has 0 aliphatic carbocycles. The third-order valence-corrected chi connectivity index (χ3v) is 1.86. The van der Waals surface area contributed by atoms with Gasteiger partial charge in [-0.2, -0.15) is 0 Å². The fraction of sp³-hybridized carbons (Fsp3) is 0. The second-order valence-corrected chi connectivity index (χ2v) is 2.87. The lowest BCUT2D eigenvalue weighted by molar-refractivity contribution is 0.100. The largest absolute Gasteiger partial charge is 0.472 e. The normalized spacial score (nSPS) is 10.1. The highest BCUT2D eigenvalue weighted by atomic mass is 16.3. The van der Waals surface area contributed by atoms with Gasteiger partial charge in [0.15, 0.2) is 5.82 Å². The molecule has 0 unspecified atom stereocenters. The van der Waals surface area contributed by atoms with Crippen LogP contribution in [0.1, 0.15) is 10.4 Å². The van der Waals surface area contributed by atoms with Crippen molar-refractivity contribution < 1.29 is 9.21 Å². The van der Waals surface area contributed by atoms with Gasteiger partial charge in [-0.15, -0.1) is 0 Å². The molecule has 0 aliphatic heterocycles. The van der Waals surface area contributed by atoms with Gasteiger partial charge in [-0.25, -0.2) is 9.97 Å². The van der Waals surface area contributed by atoms with Crippen LogP contribution in [0, 0.1) is 0 Å². The van der Waals surface area contributed by atoms with E-state index in [1.165, 1.54) is 18.7 Å². The minimum atomic E-state index is -0.647. The molecule has 0 aromatic carbocycles. The van der Waals surface area contributed by atoms with Gasteiger partial charge in [-0.05, 0) is 6.07 Å². The lowest BCUT2D eigenvalue weighted by atomic mass is 10.2. The smallest absolute Gasteiger partial charge is 0.254 e. The average Bonchev–Trinajstić information content (AvgIpc) is 2.69. The van der Waals surface area contributed by atoms with Crippen LogP contribution in [-0.2, 0) is 0 Å². The number of primary amides is 1. The first kappa shape index (κ1) is 9.20. The van der Waals surface area contributed by atoms with Gasteiger partial charge < -0.3 is 15.9 Å². The maximum Gasteiger partial charge on any atom is 0.254 e. The summed E-state index contributed by atoms with van der Waals surface area (Å²) in [5, 5.41) is 0. The van der Waals surface area contributed by atoms with Gasteiger partial charge >= 0.3 is 0 Å². The number of rotatable bonds is 2. The molecular weight excluding hydrogens is 196 g/mol. The van der Waals surface area contributed by atoms with E-state index in [2.05, 4.69) is 9.97 Å². The van der Waals surface area contributed by atoms with Gasteiger partial charge in [0.05, 0.1) is 17.4 Å². The standard InChI is InChI=1S/C9H8N4O2/c10-7-6(8(11)14)3-12-9(13-7)5-1-2-15-4-5/h1-4H,(H2,11,14)(H2,10,12,13). The van der Waals surface area contributed by atoms with Crippen LogP contribution in [0.2, 0.25) is 0 Å². The van der Waals surface area contributed by atoms with Crippen molar-refractivity contribution in [2.75, 3.05) is 5.73 Å². The second kappa shape index (κ2) is 3.41. The van der Waals surface area contributed by atoms with Gasteiger partial charge in [-0.3, -0.25) is 4.79 Å². The number of carbonyl (C=O) groups excluding carboxylic acids is 1. The van der Waals surface area contributed by atoms with Gasteiger partial charge in [-0.1, -0.05) is 0 Å². The van der Waals surface area contributed by atoms with E-state index < -0.39 is 5.91 Å². The molecule has 2 aromatic rings. The zero-order chi connectivity index (χ0) is 10.8. The molecule has 0 atom stereocenters.